The summed E-state index contributed by atoms with van der Waals surface area (Å²) < 4.78 is 11.4. The Kier molecular flexibility index (Phi) is 2.69. The fourth-order valence-electron chi connectivity index (χ4n) is 0.919. The van der Waals surface area contributed by atoms with E-state index in [-0.39, 0.29) is 9.49 Å². The minimum Gasteiger partial charge on any atom is -0.258 e. The Balaban J connectivity index is 4.40. The third-order valence-electron chi connectivity index (χ3n) is 1.11. The highest BCUT2D eigenvalue weighted by Gasteiger charge is 2.30. The van der Waals surface area contributed by atoms with Crippen LogP contribution >= 0.6 is 0 Å². The molecule has 0 aliphatic carbocycles. The van der Waals surface area contributed by atoms with Gasteiger partial charge >= 0.3 is 0 Å². The van der Waals surface area contributed by atoms with Gasteiger partial charge in [0.15, 0.2) is 0 Å². The van der Waals surface area contributed by atoms with Crippen molar-refractivity contribution in [2.24, 2.45) is 0 Å². The van der Waals surface area contributed by atoms with Crippen LogP contribution in [-0.2, 0) is 10.8 Å². The van der Waals surface area contributed by atoms with Crippen LogP contribution in [0.3, 0.4) is 0 Å². The Bertz CT molecular complexity index is 120. The molecular formula is C8H18OS. The maximum atomic E-state index is 11.6. The van der Waals surface area contributed by atoms with Gasteiger partial charge in [-0.25, -0.2) is 0 Å². The van der Waals surface area contributed by atoms with Crippen molar-refractivity contribution >= 4 is 10.8 Å². The summed E-state index contributed by atoms with van der Waals surface area (Å²) in [5.41, 5.74) is 0. The van der Waals surface area contributed by atoms with E-state index in [1.165, 1.54) is 0 Å². The second-order valence-corrected chi connectivity index (χ2v) is 7.48. The van der Waals surface area contributed by atoms with Crippen molar-refractivity contribution in [1.82, 2.24) is 0 Å². The summed E-state index contributed by atoms with van der Waals surface area (Å²) in [7, 11) is -0.755. The smallest absolute Gasteiger partial charge is 0.0380 e. The zero-order chi connectivity index (χ0) is 8.58. The van der Waals surface area contributed by atoms with E-state index >= 15 is 0 Å². The number of rotatable bonds is 0. The average molecular weight is 162 g/mol. The molecule has 0 rings (SSSR count). The maximum absolute atomic E-state index is 11.6. The number of hydrogen-bond acceptors (Lipinski definition) is 1. The van der Waals surface area contributed by atoms with Crippen LogP contribution in [0.2, 0.25) is 0 Å². The molecule has 0 radical (unpaired) electrons. The SMILES string of the molecule is CC(C)(C)S(=O)C(C)(C)C. The van der Waals surface area contributed by atoms with E-state index in [0.29, 0.717) is 0 Å². The van der Waals surface area contributed by atoms with Gasteiger partial charge in [0.25, 0.3) is 0 Å². The van der Waals surface area contributed by atoms with Gasteiger partial charge in [-0.1, -0.05) is 0 Å². The predicted octanol–water partition coefficient (Wildman–Crippen LogP) is 2.33. The van der Waals surface area contributed by atoms with Crippen molar-refractivity contribution in [3.8, 4) is 0 Å². The summed E-state index contributed by atoms with van der Waals surface area (Å²) in [5, 5.41) is 0. The lowest BCUT2D eigenvalue weighted by Crippen LogP contribution is -2.35. The molecule has 0 unspecified atom stereocenters. The molecule has 0 aromatic heterocycles. The van der Waals surface area contributed by atoms with Crippen molar-refractivity contribution in [1.29, 1.82) is 0 Å². The topological polar surface area (TPSA) is 17.1 Å². The van der Waals surface area contributed by atoms with Crippen molar-refractivity contribution in [2.75, 3.05) is 0 Å². The molecule has 0 amide bonds. The molecule has 62 valence electrons. The highest BCUT2D eigenvalue weighted by molar-refractivity contribution is 7.87. The molecule has 0 aliphatic heterocycles. The van der Waals surface area contributed by atoms with Crippen LogP contribution in [0.25, 0.3) is 0 Å². The molecule has 0 saturated heterocycles. The monoisotopic (exact) mass is 162 g/mol. The molecule has 0 aromatic carbocycles. The Hall–Kier alpha value is 0.150. The van der Waals surface area contributed by atoms with Gasteiger partial charge in [-0.05, 0) is 41.5 Å². The fraction of sp³-hybridized carbons (Fsp3) is 1.00. The Labute approximate surface area is 66.7 Å². The lowest BCUT2D eigenvalue weighted by molar-refractivity contribution is 0.611. The molecule has 10 heavy (non-hydrogen) atoms. The zero-order valence-electron chi connectivity index (χ0n) is 7.82. The largest absolute Gasteiger partial charge is 0.258 e. The second kappa shape index (κ2) is 2.65. The van der Waals surface area contributed by atoms with Gasteiger partial charge in [-0.2, -0.15) is 0 Å². The van der Waals surface area contributed by atoms with Crippen LogP contribution in [0.1, 0.15) is 41.5 Å². The van der Waals surface area contributed by atoms with Gasteiger partial charge in [0.1, 0.15) is 0 Å². The summed E-state index contributed by atoms with van der Waals surface area (Å²) in [6.07, 6.45) is 0. The van der Waals surface area contributed by atoms with Gasteiger partial charge in [0.2, 0.25) is 0 Å². The molecule has 2 heteroatoms. The van der Waals surface area contributed by atoms with Crippen LogP contribution in [0.5, 0.6) is 0 Å². The molecule has 1 nitrogen and oxygen atoms in total. The molecule has 0 aliphatic rings. The highest BCUT2D eigenvalue weighted by atomic mass is 32.2. The van der Waals surface area contributed by atoms with Gasteiger partial charge in [0, 0.05) is 20.3 Å². The molecule has 0 spiro atoms. The Morgan fingerprint density at radius 1 is 0.800 bits per heavy atom. The molecular weight excluding hydrogens is 144 g/mol. The van der Waals surface area contributed by atoms with E-state index in [9.17, 15) is 4.21 Å². The summed E-state index contributed by atoms with van der Waals surface area (Å²) in [6, 6.07) is 0. The van der Waals surface area contributed by atoms with Crippen molar-refractivity contribution in [2.45, 2.75) is 51.0 Å². The van der Waals surface area contributed by atoms with Crippen LogP contribution in [0.4, 0.5) is 0 Å². The minimum absolute atomic E-state index is 0.0851. The molecule has 0 N–H and O–H groups in total. The minimum atomic E-state index is -0.755. The van der Waals surface area contributed by atoms with Crippen LogP contribution < -0.4 is 0 Å². The lowest BCUT2D eigenvalue weighted by Gasteiger charge is -2.28. The van der Waals surface area contributed by atoms with E-state index < -0.39 is 10.8 Å². The van der Waals surface area contributed by atoms with Crippen LogP contribution in [0, 0.1) is 0 Å². The molecule has 0 fully saturated rings. The van der Waals surface area contributed by atoms with Crippen molar-refractivity contribution < 1.29 is 4.21 Å². The normalized spacial score (nSPS) is 14.3. The number of hydrogen-bond donors (Lipinski definition) is 0. The first kappa shape index (κ1) is 10.2. The third kappa shape index (κ3) is 2.82. The molecule has 0 aromatic rings. The van der Waals surface area contributed by atoms with Crippen molar-refractivity contribution in [3.05, 3.63) is 0 Å². The third-order valence-corrected chi connectivity index (χ3v) is 3.34. The van der Waals surface area contributed by atoms with E-state index in [1.54, 1.807) is 0 Å². The molecule has 0 heterocycles. The maximum Gasteiger partial charge on any atom is 0.0380 e. The van der Waals surface area contributed by atoms with E-state index in [2.05, 4.69) is 0 Å². The summed E-state index contributed by atoms with van der Waals surface area (Å²) in [5.74, 6) is 0. The van der Waals surface area contributed by atoms with E-state index in [0.717, 1.165) is 0 Å². The molecule has 0 saturated carbocycles. The van der Waals surface area contributed by atoms with Gasteiger partial charge < -0.3 is 0 Å². The van der Waals surface area contributed by atoms with Crippen molar-refractivity contribution in [3.63, 3.8) is 0 Å². The quantitative estimate of drug-likeness (QED) is 0.534. The highest BCUT2D eigenvalue weighted by Crippen LogP contribution is 2.23. The summed E-state index contributed by atoms with van der Waals surface area (Å²) >= 11 is 0. The standard InChI is InChI=1S/C8H18OS/c1-7(2,3)10(9)8(4,5)6/h1-6H3. The van der Waals surface area contributed by atoms with Gasteiger partial charge in [-0.15, -0.1) is 0 Å². The summed E-state index contributed by atoms with van der Waals surface area (Å²) in [6.45, 7) is 12.0. The van der Waals surface area contributed by atoms with Gasteiger partial charge in [-0.3, -0.25) is 4.21 Å². The van der Waals surface area contributed by atoms with Gasteiger partial charge in [0.05, 0.1) is 0 Å². The first-order valence-electron chi connectivity index (χ1n) is 3.57. The molecule has 0 bridgehead atoms. The Morgan fingerprint density at radius 2 is 1.00 bits per heavy atom. The van der Waals surface area contributed by atoms with Crippen LogP contribution in [0.15, 0.2) is 0 Å². The predicted molar refractivity (Wildman–Crippen MR) is 47.6 cm³/mol. The first-order valence-corrected chi connectivity index (χ1v) is 4.72. The van der Waals surface area contributed by atoms with Crippen LogP contribution in [-0.4, -0.2) is 13.7 Å². The average Bonchev–Trinajstić information content (AvgIpc) is 1.59. The fourth-order valence-corrected chi connectivity index (χ4v) is 2.76. The zero-order valence-corrected chi connectivity index (χ0v) is 8.63. The van der Waals surface area contributed by atoms with E-state index in [1.807, 2.05) is 41.5 Å². The second-order valence-electron chi connectivity index (χ2n) is 4.49. The summed E-state index contributed by atoms with van der Waals surface area (Å²) in [4.78, 5) is 0. The first-order chi connectivity index (χ1) is 4.15. The Morgan fingerprint density at radius 3 is 1.00 bits per heavy atom. The molecule has 0 atom stereocenters. The lowest BCUT2D eigenvalue weighted by atomic mass is 10.2. The van der Waals surface area contributed by atoms with E-state index in [4.69, 9.17) is 0 Å².